The Morgan fingerprint density at radius 1 is 1.38 bits per heavy atom. The van der Waals surface area contributed by atoms with Crippen molar-refractivity contribution in [2.45, 2.75) is 51.7 Å². The van der Waals surface area contributed by atoms with Crippen LogP contribution < -0.4 is 5.32 Å². The van der Waals surface area contributed by atoms with Crippen LogP contribution in [0.25, 0.3) is 10.6 Å². The first-order valence-electron chi connectivity index (χ1n) is 8.90. The van der Waals surface area contributed by atoms with Gasteiger partial charge in [0.15, 0.2) is 11.8 Å². The van der Waals surface area contributed by atoms with Crippen LogP contribution in [0.15, 0.2) is 17.8 Å². The Hall–Kier alpha value is -2.22. The number of aromatic nitrogens is 3. The zero-order valence-electron chi connectivity index (χ0n) is 15.3. The highest BCUT2D eigenvalue weighted by Gasteiger charge is 2.27. The van der Waals surface area contributed by atoms with Crippen LogP contribution in [0.4, 0.5) is 0 Å². The fourth-order valence-electron chi connectivity index (χ4n) is 3.14. The molecule has 3 rings (SSSR count). The van der Waals surface area contributed by atoms with Crippen molar-refractivity contribution in [2.24, 2.45) is 13.0 Å². The third-order valence-electron chi connectivity index (χ3n) is 4.76. The molecule has 3 atom stereocenters. The molecule has 0 saturated heterocycles. The number of carbonyl (C=O) groups is 2. The monoisotopic (exact) mass is 376 g/mol. The van der Waals surface area contributed by atoms with Crippen molar-refractivity contribution < 1.29 is 14.3 Å². The highest BCUT2D eigenvalue weighted by Crippen LogP contribution is 2.25. The molecule has 1 amide bonds. The number of carbonyl (C=O) groups excluding carboxylic acids is 2. The van der Waals surface area contributed by atoms with E-state index in [0.717, 1.165) is 24.8 Å². The van der Waals surface area contributed by atoms with Gasteiger partial charge in [-0.3, -0.25) is 9.48 Å². The maximum Gasteiger partial charge on any atom is 0.358 e. The molecule has 3 unspecified atom stereocenters. The van der Waals surface area contributed by atoms with Gasteiger partial charge < -0.3 is 10.1 Å². The van der Waals surface area contributed by atoms with E-state index in [0.29, 0.717) is 10.9 Å². The maximum atomic E-state index is 12.3. The highest BCUT2D eigenvalue weighted by molar-refractivity contribution is 7.13. The second kappa shape index (κ2) is 7.99. The lowest BCUT2D eigenvalue weighted by molar-refractivity contribution is -0.130. The van der Waals surface area contributed by atoms with Crippen molar-refractivity contribution in [1.29, 1.82) is 0 Å². The predicted molar refractivity (Wildman–Crippen MR) is 98.8 cm³/mol. The summed E-state index contributed by atoms with van der Waals surface area (Å²) in [5.41, 5.74) is 1.05. The average molecular weight is 376 g/mol. The van der Waals surface area contributed by atoms with Gasteiger partial charge in [-0.25, -0.2) is 9.78 Å². The van der Waals surface area contributed by atoms with Gasteiger partial charge in [0.25, 0.3) is 5.91 Å². The Labute approximate surface area is 156 Å². The summed E-state index contributed by atoms with van der Waals surface area (Å²) in [7, 11) is 1.82. The van der Waals surface area contributed by atoms with Crippen LogP contribution in [0.2, 0.25) is 0 Å². The number of hydrogen-bond acceptors (Lipinski definition) is 6. The Kier molecular flexibility index (Phi) is 5.70. The smallest absolute Gasteiger partial charge is 0.358 e. The Bertz CT molecular complexity index is 785. The second-order valence-corrected chi connectivity index (χ2v) is 7.72. The molecule has 0 aliphatic heterocycles. The number of esters is 1. The van der Waals surface area contributed by atoms with Crippen molar-refractivity contribution in [3.05, 3.63) is 23.5 Å². The van der Waals surface area contributed by atoms with E-state index in [2.05, 4.69) is 22.3 Å². The summed E-state index contributed by atoms with van der Waals surface area (Å²) in [6.07, 6.45) is 7.11. The molecule has 0 radical (unpaired) electrons. The van der Waals surface area contributed by atoms with Gasteiger partial charge >= 0.3 is 5.97 Å². The summed E-state index contributed by atoms with van der Waals surface area (Å²) >= 11 is 1.34. The number of amides is 1. The third-order valence-corrected chi connectivity index (χ3v) is 5.65. The molecule has 1 N–H and O–H groups in total. The zero-order chi connectivity index (χ0) is 18.7. The van der Waals surface area contributed by atoms with Gasteiger partial charge in [-0.2, -0.15) is 5.10 Å². The number of hydrogen-bond donors (Lipinski definition) is 1. The molecule has 1 fully saturated rings. The number of nitrogens with zero attached hydrogens (tertiary/aromatic N) is 3. The topological polar surface area (TPSA) is 86.1 Å². The van der Waals surface area contributed by atoms with E-state index in [-0.39, 0.29) is 17.6 Å². The van der Waals surface area contributed by atoms with E-state index < -0.39 is 12.1 Å². The quantitative estimate of drug-likeness (QED) is 0.811. The number of nitrogens with one attached hydrogen (secondary N) is 1. The molecule has 2 aromatic rings. The number of rotatable bonds is 5. The minimum absolute atomic E-state index is 0.161. The van der Waals surface area contributed by atoms with Crippen LogP contribution in [0.3, 0.4) is 0 Å². The second-order valence-electron chi connectivity index (χ2n) is 6.86. The normalized spacial score (nSPS) is 21.2. The standard InChI is InChI=1S/C18H24N4O3S/c1-11-6-4-5-7-14(11)20-16(23)12(2)25-18(24)15-10-26-17(21-15)13-8-19-22(3)9-13/h8-12,14H,4-7H2,1-3H3,(H,20,23). The molecular formula is C18H24N4O3S. The summed E-state index contributed by atoms with van der Waals surface area (Å²) in [5.74, 6) is -0.383. The average Bonchev–Trinajstić information content (AvgIpc) is 3.25. The van der Waals surface area contributed by atoms with Gasteiger partial charge in [0.1, 0.15) is 5.01 Å². The molecule has 2 heterocycles. The molecule has 1 aliphatic carbocycles. The molecule has 8 heteroatoms. The number of ether oxygens (including phenoxy) is 1. The molecule has 0 bridgehead atoms. The molecular weight excluding hydrogens is 352 g/mol. The largest absolute Gasteiger partial charge is 0.448 e. The molecule has 26 heavy (non-hydrogen) atoms. The Balaban J connectivity index is 1.57. The molecule has 2 aromatic heterocycles. The molecule has 1 aliphatic rings. The first kappa shape index (κ1) is 18.6. The van der Waals surface area contributed by atoms with Gasteiger partial charge in [-0.05, 0) is 25.7 Å². The van der Waals surface area contributed by atoms with Crippen molar-refractivity contribution in [2.75, 3.05) is 0 Å². The first-order chi connectivity index (χ1) is 12.4. The van der Waals surface area contributed by atoms with E-state index in [1.165, 1.54) is 17.8 Å². The van der Waals surface area contributed by atoms with Crippen LogP contribution in [-0.4, -0.2) is 38.8 Å². The van der Waals surface area contributed by atoms with Crippen LogP contribution >= 0.6 is 11.3 Å². The lowest BCUT2D eigenvalue weighted by Crippen LogP contribution is -2.46. The van der Waals surface area contributed by atoms with Gasteiger partial charge in [-0.1, -0.05) is 19.8 Å². The van der Waals surface area contributed by atoms with Crippen molar-refractivity contribution in [1.82, 2.24) is 20.1 Å². The minimum atomic E-state index is -0.847. The zero-order valence-corrected chi connectivity index (χ0v) is 16.1. The number of thiazole rings is 1. The maximum absolute atomic E-state index is 12.3. The van der Waals surface area contributed by atoms with Gasteiger partial charge in [-0.15, -0.1) is 11.3 Å². The van der Waals surface area contributed by atoms with E-state index >= 15 is 0 Å². The van der Waals surface area contributed by atoms with Crippen LogP contribution in [0.1, 0.15) is 50.0 Å². The summed E-state index contributed by atoms with van der Waals surface area (Å²) < 4.78 is 6.98. The van der Waals surface area contributed by atoms with Gasteiger partial charge in [0, 0.05) is 30.2 Å². The molecule has 7 nitrogen and oxygen atoms in total. The number of aryl methyl sites for hydroxylation is 1. The predicted octanol–water partition coefficient (Wildman–Crippen LogP) is 2.78. The van der Waals surface area contributed by atoms with Crippen LogP contribution in [0.5, 0.6) is 0 Å². The van der Waals surface area contributed by atoms with Gasteiger partial charge in [0.05, 0.1) is 6.20 Å². The lowest BCUT2D eigenvalue weighted by Gasteiger charge is -2.30. The molecule has 0 aromatic carbocycles. The highest BCUT2D eigenvalue weighted by atomic mass is 32.1. The Morgan fingerprint density at radius 3 is 2.85 bits per heavy atom. The summed E-state index contributed by atoms with van der Waals surface area (Å²) in [4.78, 5) is 28.9. The third kappa shape index (κ3) is 4.30. The summed E-state index contributed by atoms with van der Waals surface area (Å²) in [6.45, 7) is 3.74. The summed E-state index contributed by atoms with van der Waals surface area (Å²) in [5, 5.41) is 9.44. The van der Waals surface area contributed by atoms with Crippen molar-refractivity contribution >= 4 is 23.2 Å². The van der Waals surface area contributed by atoms with E-state index in [1.807, 2.05) is 13.2 Å². The SMILES string of the molecule is CC(OC(=O)c1csc(-c2cnn(C)c2)n1)C(=O)NC1CCCCC1C. The summed E-state index contributed by atoms with van der Waals surface area (Å²) in [6, 6.07) is 0.161. The molecule has 0 spiro atoms. The van der Waals surface area contributed by atoms with Crippen molar-refractivity contribution in [3.63, 3.8) is 0 Å². The van der Waals surface area contributed by atoms with E-state index in [4.69, 9.17) is 4.74 Å². The van der Waals surface area contributed by atoms with E-state index in [9.17, 15) is 9.59 Å². The first-order valence-corrected chi connectivity index (χ1v) is 9.78. The lowest BCUT2D eigenvalue weighted by atomic mass is 9.86. The molecule has 140 valence electrons. The minimum Gasteiger partial charge on any atom is -0.448 e. The van der Waals surface area contributed by atoms with Crippen LogP contribution in [0, 0.1) is 5.92 Å². The molecule has 1 saturated carbocycles. The van der Waals surface area contributed by atoms with E-state index in [1.54, 1.807) is 23.2 Å². The van der Waals surface area contributed by atoms with Crippen LogP contribution in [-0.2, 0) is 16.6 Å². The fraction of sp³-hybridized carbons (Fsp3) is 0.556. The Morgan fingerprint density at radius 2 is 2.15 bits per heavy atom. The fourth-order valence-corrected chi connectivity index (χ4v) is 3.90. The van der Waals surface area contributed by atoms with Crippen molar-refractivity contribution in [3.8, 4) is 10.6 Å². The van der Waals surface area contributed by atoms with Gasteiger partial charge in [0.2, 0.25) is 0 Å².